The van der Waals surface area contributed by atoms with Crippen molar-refractivity contribution in [1.29, 1.82) is 0 Å². The molecule has 9 heteroatoms. The Morgan fingerprint density at radius 3 is 2.96 bits per heavy atom. The van der Waals surface area contributed by atoms with Gasteiger partial charge in [0.15, 0.2) is 11.8 Å². The van der Waals surface area contributed by atoms with Crippen molar-refractivity contribution in [2.45, 2.75) is 59.0 Å². The zero-order valence-electron chi connectivity index (χ0n) is 15.7. The van der Waals surface area contributed by atoms with Crippen LogP contribution in [0.3, 0.4) is 0 Å². The number of aliphatic imine (C=N–C) groups is 1. The molecule has 26 heavy (non-hydrogen) atoms. The van der Waals surface area contributed by atoms with Gasteiger partial charge in [-0.25, -0.2) is 14.6 Å². The summed E-state index contributed by atoms with van der Waals surface area (Å²) in [5.41, 5.74) is 0. The highest BCUT2D eigenvalue weighted by molar-refractivity contribution is 14.0. The third-order valence-electron chi connectivity index (χ3n) is 4.17. The van der Waals surface area contributed by atoms with Gasteiger partial charge in [0, 0.05) is 49.5 Å². The van der Waals surface area contributed by atoms with Crippen LogP contribution >= 0.6 is 35.3 Å². The number of halogens is 1. The molecule has 1 aliphatic heterocycles. The molecule has 1 unspecified atom stereocenters. The minimum atomic E-state index is 0. The molecule has 0 aliphatic carbocycles. The molecule has 1 atom stereocenters. The van der Waals surface area contributed by atoms with Gasteiger partial charge in [0.1, 0.15) is 5.82 Å². The molecule has 0 radical (unpaired) electrons. The van der Waals surface area contributed by atoms with Crippen LogP contribution in [0.2, 0.25) is 0 Å². The fraction of sp³-hybridized carbons (Fsp3) is 0.647. The van der Waals surface area contributed by atoms with Crippen molar-refractivity contribution in [1.82, 2.24) is 30.4 Å². The molecule has 3 heterocycles. The molecule has 1 aliphatic rings. The largest absolute Gasteiger partial charge is 0.357 e. The predicted octanol–water partition coefficient (Wildman–Crippen LogP) is 2.34. The van der Waals surface area contributed by atoms with E-state index in [1.807, 2.05) is 10.9 Å². The van der Waals surface area contributed by atoms with Crippen LogP contribution in [-0.2, 0) is 25.8 Å². The minimum Gasteiger partial charge on any atom is -0.357 e. The molecule has 144 valence electrons. The first-order valence-corrected chi connectivity index (χ1v) is 9.88. The number of fused-ring (bicyclic) bond motifs is 1. The second-order valence-electron chi connectivity index (χ2n) is 6.24. The quantitative estimate of drug-likeness (QED) is 0.370. The van der Waals surface area contributed by atoms with Crippen molar-refractivity contribution >= 4 is 41.3 Å². The summed E-state index contributed by atoms with van der Waals surface area (Å²) in [6.45, 7) is 8.70. The number of guanidine groups is 1. The number of rotatable bonds is 6. The number of nitrogens with zero attached hydrogens (tertiary/aromatic N) is 5. The molecule has 0 saturated heterocycles. The number of hydrogen-bond donors (Lipinski definition) is 2. The van der Waals surface area contributed by atoms with Crippen molar-refractivity contribution in [2.75, 3.05) is 13.1 Å². The van der Waals surface area contributed by atoms with E-state index in [1.54, 1.807) is 11.3 Å². The van der Waals surface area contributed by atoms with Gasteiger partial charge in [-0.2, -0.15) is 5.10 Å². The van der Waals surface area contributed by atoms with Gasteiger partial charge in [-0.1, -0.05) is 6.92 Å². The zero-order valence-corrected chi connectivity index (χ0v) is 18.8. The normalized spacial score (nSPS) is 16.7. The van der Waals surface area contributed by atoms with Crippen molar-refractivity contribution < 1.29 is 0 Å². The Labute approximate surface area is 176 Å². The third kappa shape index (κ3) is 5.63. The molecular weight excluding hydrogens is 461 g/mol. The molecule has 2 aromatic rings. The highest BCUT2D eigenvalue weighted by Crippen LogP contribution is 2.14. The number of aryl methyl sites for hydroxylation is 3. The van der Waals surface area contributed by atoms with E-state index < -0.39 is 0 Å². The molecule has 0 spiro atoms. The van der Waals surface area contributed by atoms with Crippen LogP contribution in [0.25, 0.3) is 0 Å². The van der Waals surface area contributed by atoms with Crippen LogP contribution in [0.15, 0.2) is 11.2 Å². The predicted molar refractivity (Wildman–Crippen MR) is 117 cm³/mol. The van der Waals surface area contributed by atoms with E-state index in [-0.39, 0.29) is 24.0 Å². The summed E-state index contributed by atoms with van der Waals surface area (Å²) in [6.07, 6.45) is 5.71. The number of nitrogens with one attached hydrogen (secondary N) is 2. The Morgan fingerprint density at radius 1 is 1.42 bits per heavy atom. The van der Waals surface area contributed by atoms with Crippen molar-refractivity contribution in [3.8, 4) is 0 Å². The maximum atomic E-state index is 4.71. The highest BCUT2D eigenvalue weighted by atomic mass is 127. The van der Waals surface area contributed by atoms with Gasteiger partial charge >= 0.3 is 0 Å². The molecule has 3 rings (SSSR count). The second kappa shape index (κ2) is 10.2. The fourth-order valence-electron chi connectivity index (χ4n) is 2.92. The monoisotopic (exact) mass is 489 g/mol. The standard InChI is InChI=1S/C17H27N7S.HI/c1-4-14-22-15-7-6-13(11-24(15)23-14)21-17(18-5-2)19-9-8-16-20-10-12(3)25-16;/h10,13H,4-9,11H2,1-3H3,(H2,18,19,21);1H. The summed E-state index contributed by atoms with van der Waals surface area (Å²) < 4.78 is 2.04. The van der Waals surface area contributed by atoms with E-state index in [1.165, 1.54) is 4.88 Å². The maximum Gasteiger partial charge on any atom is 0.191 e. The van der Waals surface area contributed by atoms with Crippen LogP contribution in [0.1, 0.15) is 41.8 Å². The molecular formula is C17H28IN7S. The lowest BCUT2D eigenvalue weighted by molar-refractivity contribution is 0.392. The van der Waals surface area contributed by atoms with Crippen LogP contribution in [0.4, 0.5) is 0 Å². The highest BCUT2D eigenvalue weighted by Gasteiger charge is 2.22. The molecule has 0 aromatic carbocycles. The van der Waals surface area contributed by atoms with Gasteiger partial charge in [0.2, 0.25) is 0 Å². The van der Waals surface area contributed by atoms with Gasteiger partial charge in [-0.05, 0) is 20.3 Å². The van der Waals surface area contributed by atoms with E-state index in [4.69, 9.17) is 4.99 Å². The van der Waals surface area contributed by atoms with Gasteiger partial charge in [-0.15, -0.1) is 35.3 Å². The topological polar surface area (TPSA) is 80.0 Å². The van der Waals surface area contributed by atoms with Gasteiger partial charge in [-0.3, -0.25) is 4.99 Å². The van der Waals surface area contributed by atoms with E-state index in [9.17, 15) is 0 Å². The van der Waals surface area contributed by atoms with Crippen molar-refractivity contribution in [2.24, 2.45) is 4.99 Å². The fourth-order valence-corrected chi connectivity index (χ4v) is 3.70. The zero-order chi connectivity index (χ0) is 17.6. The first kappa shape index (κ1) is 21.1. The van der Waals surface area contributed by atoms with Crippen LogP contribution in [0, 0.1) is 6.92 Å². The van der Waals surface area contributed by atoms with E-state index in [2.05, 4.69) is 46.5 Å². The third-order valence-corrected chi connectivity index (χ3v) is 5.14. The van der Waals surface area contributed by atoms with Gasteiger partial charge < -0.3 is 10.6 Å². The van der Waals surface area contributed by atoms with Crippen molar-refractivity contribution in [3.63, 3.8) is 0 Å². The average molecular weight is 489 g/mol. The molecule has 0 bridgehead atoms. The van der Waals surface area contributed by atoms with Crippen molar-refractivity contribution in [3.05, 3.63) is 27.7 Å². The van der Waals surface area contributed by atoms with E-state index in [0.29, 0.717) is 6.04 Å². The number of hydrogen-bond acceptors (Lipinski definition) is 5. The molecule has 0 amide bonds. The molecule has 7 nitrogen and oxygen atoms in total. The summed E-state index contributed by atoms with van der Waals surface area (Å²) in [5, 5.41) is 12.6. The summed E-state index contributed by atoms with van der Waals surface area (Å²) in [6, 6.07) is 0.332. The number of aromatic nitrogens is 4. The van der Waals surface area contributed by atoms with Gasteiger partial charge in [0.05, 0.1) is 11.6 Å². The Balaban J connectivity index is 0.00000243. The summed E-state index contributed by atoms with van der Waals surface area (Å²) >= 11 is 1.75. The maximum absolute atomic E-state index is 4.71. The lowest BCUT2D eigenvalue weighted by atomic mass is 10.1. The van der Waals surface area contributed by atoms with Gasteiger partial charge in [0.25, 0.3) is 0 Å². The lowest BCUT2D eigenvalue weighted by Gasteiger charge is -2.25. The van der Waals surface area contributed by atoms with E-state index >= 15 is 0 Å². The molecule has 2 N–H and O–H groups in total. The summed E-state index contributed by atoms with van der Waals surface area (Å²) in [4.78, 5) is 14.9. The van der Waals surface area contributed by atoms with E-state index in [0.717, 1.165) is 67.9 Å². The first-order chi connectivity index (χ1) is 12.2. The lowest BCUT2D eigenvalue weighted by Crippen LogP contribution is -2.47. The Morgan fingerprint density at radius 2 is 2.27 bits per heavy atom. The minimum absolute atomic E-state index is 0. The number of thiazole rings is 1. The van der Waals surface area contributed by atoms with Crippen LogP contribution < -0.4 is 10.6 Å². The summed E-state index contributed by atoms with van der Waals surface area (Å²) in [7, 11) is 0. The second-order valence-corrected chi connectivity index (χ2v) is 7.55. The molecule has 0 saturated carbocycles. The van der Waals surface area contributed by atoms with Crippen LogP contribution in [-0.4, -0.2) is 44.8 Å². The van der Waals surface area contributed by atoms with Crippen LogP contribution in [0.5, 0.6) is 0 Å². The Hall–Kier alpha value is -1.23. The molecule has 0 fully saturated rings. The molecule has 2 aromatic heterocycles. The smallest absolute Gasteiger partial charge is 0.191 e. The Bertz CT molecular complexity index is 725. The Kier molecular flexibility index (Phi) is 8.26. The SMILES string of the molecule is CCNC(=NCCc1ncc(C)s1)NC1CCc2nc(CC)nn2C1.I. The average Bonchev–Trinajstić information content (AvgIpc) is 3.20. The summed E-state index contributed by atoms with van der Waals surface area (Å²) in [5.74, 6) is 2.92. The first-order valence-electron chi connectivity index (χ1n) is 9.06.